The van der Waals surface area contributed by atoms with Crippen LogP contribution in [0.1, 0.15) is 20.7 Å². The molecule has 1 atom stereocenters. The molecule has 4 rings (SSSR count). The van der Waals surface area contributed by atoms with Crippen molar-refractivity contribution in [3.63, 3.8) is 0 Å². The second-order valence-corrected chi connectivity index (χ2v) is 8.62. The monoisotopic (exact) mass is 483 g/mol. The quantitative estimate of drug-likeness (QED) is 0.596. The average Bonchev–Trinajstić information content (AvgIpc) is 2.92. The number of hydrogen-bond donors (Lipinski definition) is 0. The van der Waals surface area contributed by atoms with Gasteiger partial charge in [0.1, 0.15) is 0 Å². The number of benzene rings is 2. The molecule has 35 heavy (non-hydrogen) atoms. The van der Waals surface area contributed by atoms with Crippen LogP contribution in [0, 0.1) is 0 Å². The van der Waals surface area contributed by atoms with E-state index in [9.17, 15) is 9.59 Å². The fourth-order valence-corrected chi connectivity index (χ4v) is 4.59. The SMILES string of the molecule is COc1cc(C(=O)N2CCN(CC3CN(C(=O)c4ccccc4)CCO3)CC2)cc(OC)c1OC. The highest BCUT2D eigenvalue weighted by atomic mass is 16.5. The highest BCUT2D eigenvalue weighted by Crippen LogP contribution is 2.38. The van der Waals surface area contributed by atoms with Crippen molar-refractivity contribution in [2.75, 3.05) is 73.7 Å². The number of ether oxygens (including phenoxy) is 4. The molecule has 188 valence electrons. The van der Waals surface area contributed by atoms with Crippen LogP contribution in [0.3, 0.4) is 0 Å². The number of methoxy groups -OCH3 is 3. The van der Waals surface area contributed by atoms with Gasteiger partial charge in [0, 0.05) is 56.9 Å². The highest BCUT2D eigenvalue weighted by Gasteiger charge is 2.29. The van der Waals surface area contributed by atoms with Crippen LogP contribution in [-0.2, 0) is 4.74 Å². The Labute approximate surface area is 206 Å². The molecule has 2 aliphatic rings. The molecule has 2 heterocycles. The molecule has 1 unspecified atom stereocenters. The van der Waals surface area contributed by atoms with Crippen LogP contribution in [0.15, 0.2) is 42.5 Å². The molecule has 0 spiro atoms. The molecule has 0 aliphatic carbocycles. The van der Waals surface area contributed by atoms with Gasteiger partial charge in [0.05, 0.1) is 34.0 Å². The molecule has 2 aliphatic heterocycles. The summed E-state index contributed by atoms with van der Waals surface area (Å²) >= 11 is 0. The van der Waals surface area contributed by atoms with Crippen LogP contribution < -0.4 is 14.2 Å². The van der Waals surface area contributed by atoms with Gasteiger partial charge in [-0.15, -0.1) is 0 Å². The minimum absolute atomic E-state index is 0.0414. The minimum Gasteiger partial charge on any atom is -0.493 e. The van der Waals surface area contributed by atoms with E-state index < -0.39 is 0 Å². The van der Waals surface area contributed by atoms with E-state index in [1.807, 2.05) is 40.1 Å². The van der Waals surface area contributed by atoms with Gasteiger partial charge in [0.2, 0.25) is 5.75 Å². The van der Waals surface area contributed by atoms with Crippen molar-refractivity contribution in [3.05, 3.63) is 53.6 Å². The Morgan fingerprint density at radius 3 is 2.06 bits per heavy atom. The van der Waals surface area contributed by atoms with Gasteiger partial charge in [-0.25, -0.2) is 0 Å². The zero-order valence-corrected chi connectivity index (χ0v) is 20.6. The lowest BCUT2D eigenvalue weighted by Crippen LogP contribution is -2.54. The Morgan fingerprint density at radius 2 is 1.46 bits per heavy atom. The van der Waals surface area contributed by atoms with E-state index in [4.69, 9.17) is 18.9 Å². The predicted octanol–water partition coefficient (Wildman–Crippen LogP) is 2.01. The molecule has 2 aromatic carbocycles. The Balaban J connectivity index is 1.32. The van der Waals surface area contributed by atoms with Gasteiger partial charge in [-0.2, -0.15) is 0 Å². The van der Waals surface area contributed by atoms with Crippen LogP contribution in [0.5, 0.6) is 17.2 Å². The first-order valence-electron chi connectivity index (χ1n) is 11.8. The molecule has 0 aromatic heterocycles. The Bertz CT molecular complexity index is 998. The van der Waals surface area contributed by atoms with Gasteiger partial charge in [-0.1, -0.05) is 18.2 Å². The number of piperazine rings is 1. The summed E-state index contributed by atoms with van der Waals surface area (Å²) in [6.07, 6.45) is -0.0474. The Morgan fingerprint density at radius 1 is 0.829 bits per heavy atom. The number of nitrogens with zero attached hydrogens (tertiary/aromatic N) is 3. The first-order chi connectivity index (χ1) is 17.0. The first kappa shape index (κ1) is 24.8. The van der Waals surface area contributed by atoms with Crippen LogP contribution in [0.25, 0.3) is 0 Å². The van der Waals surface area contributed by atoms with Crippen LogP contribution in [0.2, 0.25) is 0 Å². The predicted molar refractivity (Wildman–Crippen MR) is 131 cm³/mol. The van der Waals surface area contributed by atoms with E-state index in [1.165, 1.54) is 21.3 Å². The number of rotatable bonds is 7. The summed E-state index contributed by atoms with van der Waals surface area (Å²) in [6, 6.07) is 12.7. The van der Waals surface area contributed by atoms with Crippen molar-refractivity contribution in [1.82, 2.24) is 14.7 Å². The lowest BCUT2D eigenvalue weighted by molar-refractivity contribution is -0.0399. The number of hydrogen-bond acceptors (Lipinski definition) is 7. The third kappa shape index (κ3) is 5.68. The lowest BCUT2D eigenvalue weighted by atomic mass is 10.1. The second kappa shape index (κ2) is 11.4. The molecule has 2 fully saturated rings. The molecular formula is C26H33N3O6. The normalized spacial score (nSPS) is 18.8. The van der Waals surface area contributed by atoms with E-state index in [0.717, 1.165) is 19.6 Å². The number of morpholine rings is 1. The zero-order valence-electron chi connectivity index (χ0n) is 20.6. The zero-order chi connectivity index (χ0) is 24.8. The molecule has 0 saturated carbocycles. The fraction of sp³-hybridized carbons (Fsp3) is 0.462. The summed E-state index contributed by atoms with van der Waals surface area (Å²) in [7, 11) is 4.60. The van der Waals surface area contributed by atoms with Crippen LogP contribution in [0.4, 0.5) is 0 Å². The largest absolute Gasteiger partial charge is 0.493 e. The highest BCUT2D eigenvalue weighted by molar-refractivity contribution is 5.96. The molecule has 2 aromatic rings. The van der Waals surface area contributed by atoms with Gasteiger partial charge < -0.3 is 28.7 Å². The van der Waals surface area contributed by atoms with Crippen molar-refractivity contribution in [2.24, 2.45) is 0 Å². The van der Waals surface area contributed by atoms with Gasteiger partial charge in [0.25, 0.3) is 11.8 Å². The molecule has 2 amide bonds. The van der Waals surface area contributed by atoms with Crippen molar-refractivity contribution >= 4 is 11.8 Å². The van der Waals surface area contributed by atoms with E-state index >= 15 is 0 Å². The third-order valence-corrected chi connectivity index (χ3v) is 6.48. The van der Waals surface area contributed by atoms with Crippen molar-refractivity contribution in [1.29, 1.82) is 0 Å². The summed E-state index contributed by atoms with van der Waals surface area (Å²) in [4.78, 5) is 32.0. The molecule has 0 bridgehead atoms. The van der Waals surface area contributed by atoms with Gasteiger partial charge in [-0.3, -0.25) is 14.5 Å². The Kier molecular flexibility index (Phi) is 8.09. The standard InChI is InChI=1S/C26H33N3O6/c1-32-22-15-20(16-23(33-2)24(22)34-3)26(31)28-11-9-27(10-12-28)17-21-18-29(13-14-35-21)25(30)19-7-5-4-6-8-19/h4-8,15-16,21H,9-14,17-18H2,1-3H3. The van der Waals surface area contributed by atoms with Crippen molar-refractivity contribution in [2.45, 2.75) is 6.10 Å². The number of carbonyl (C=O) groups excluding carboxylic acids is 2. The van der Waals surface area contributed by atoms with Gasteiger partial charge in [0.15, 0.2) is 11.5 Å². The molecule has 0 N–H and O–H groups in total. The second-order valence-electron chi connectivity index (χ2n) is 8.62. The third-order valence-electron chi connectivity index (χ3n) is 6.48. The van der Waals surface area contributed by atoms with Crippen molar-refractivity contribution in [3.8, 4) is 17.2 Å². The van der Waals surface area contributed by atoms with Crippen LogP contribution in [-0.4, -0.2) is 106 Å². The maximum absolute atomic E-state index is 13.2. The molecule has 9 nitrogen and oxygen atoms in total. The lowest BCUT2D eigenvalue weighted by Gasteiger charge is -2.39. The number of amides is 2. The topological polar surface area (TPSA) is 80.8 Å². The number of carbonyl (C=O) groups is 2. The maximum atomic E-state index is 13.2. The van der Waals surface area contributed by atoms with Crippen LogP contribution >= 0.6 is 0 Å². The van der Waals surface area contributed by atoms with Crippen molar-refractivity contribution < 1.29 is 28.5 Å². The summed E-state index contributed by atoms with van der Waals surface area (Å²) < 4.78 is 22.1. The maximum Gasteiger partial charge on any atom is 0.254 e. The fourth-order valence-electron chi connectivity index (χ4n) is 4.59. The van der Waals surface area contributed by atoms with E-state index in [2.05, 4.69) is 4.90 Å². The van der Waals surface area contributed by atoms with E-state index in [-0.39, 0.29) is 17.9 Å². The summed E-state index contributed by atoms with van der Waals surface area (Å²) in [5, 5.41) is 0. The molecule has 2 saturated heterocycles. The molecule has 0 radical (unpaired) electrons. The first-order valence-corrected chi connectivity index (χ1v) is 11.8. The summed E-state index contributed by atoms with van der Waals surface area (Å²) in [5.41, 5.74) is 1.20. The summed E-state index contributed by atoms with van der Waals surface area (Å²) in [6.45, 7) is 5.11. The van der Waals surface area contributed by atoms with Gasteiger partial charge in [-0.05, 0) is 24.3 Å². The minimum atomic E-state index is -0.0718. The van der Waals surface area contributed by atoms with E-state index in [1.54, 1.807) is 12.1 Å². The molecular weight excluding hydrogens is 450 g/mol. The summed E-state index contributed by atoms with van der Waals surface area (Å²) in [5.74, 6) is 1.34. The smallest absolute Gasteiger partial charge is 0.254 e. The average molecular weight is 484 g/mol. The van der Waals surface area contributed by atoms with Gasteiger partial charge >= 0.3 is 0 Å². The molecule has 9 heteroatoms. The Hall–Kier alpha value is -3.30. The van der Waals surface area contributed by atoms with E-state index in [0.29, 0.717) is 61.2 Å².